The van der Waals surface area contributed by atoms with E-state index < -0.39 is 11.9 Å². The Morgan fingerprint density at radius 2 is 2.04 bits per heavy atom. The zero-order valence-corrected chi connectivity index (χ0v) is 16.1. The summed E-state index contributed by atoms with van der Waals surface area (Å²) in [7, 11) is 1.54. The summed E-state index contributed by atoms with van der Waals surface area (Å²) in [6.07, 6.45) is 1.61. The Hall–Kier alpha value is -2.73. The van der Waals surface area contributed by atoms with Crippen LogP contribution in [-0.4, -0.2) is 23.2 Å². The number of rotatable bonds is 6. The van der Waals surface area contributed by atoms with Gasteiger partial charge >= 0.3 is 5.97 Å². The summed E-state index contributed by atoms with van der Waals surface area (Å²) >= 11 is 1.45. The number of nitrogens with zero attached hydrogens (tertiary/aromatic N) is 1. The van der Waals surface area contributed by atoms with Gasteiger partial charge in [-0.3, -0.25) is 4.79 Å². The van der Waals surface area contributed by atoms with E-state index in [1.807, 2.05) is 19.9 Å². The molecule has 1 unspecified atom stereocenters. The minimum atomic E-state index is -0.929. The average molecular weight is 385 g/mol. The van der Waals surface area contributed by atoms with Gasteiger partial charge in [0.2, 0.25) is 0 Å². The molecule has 1 N–H and O–H groups in total. The molecule has 0 amide bonds. The first kappa shape index (κ1) is 19.0. The third kappa shape index (κ3) is 4.17. The molecule has 27 heavy (non-hydrogen) atoms. The fraction of sp³-hybridized carbons (Fsp3) is 0.238. The molecule has 0 saturated heterocycles. The summed E-state index contributed by atoms with van der Waals surface area (Å²) in [5.41, 5.74) is 2.67. The number of methoxy groups -OCH3 is 1. The van der Waals surface area contributed by atoms with E-state index in [4.69, 9.17) is 4.74 Å². The maximum Gasteiger partial charge on any atom is 0.304 e. The molecular weight excluding hydrogens is 365 g/mol. The zero-order chi connectivity index (χ0) is 19.6. The van der Waals surface area contributed by atoms with Crippen LogP contribution in [0.25, 0.3) is 11.1 Å². The van der Waals surface area contributed by atoms with Crippen molar-refractivity contribution in [3.8, 4) is 16.9 Å². The topological polar surface area (TPSA) is 59.4 Å². The Bertz CT molecular complexity index is 983. The second kappa shape index (κ2) is 7.88. The highest BCUT2D eigenvalue weighted by molar-refractivity contribution is 7.11. The third-order valence-corrected chi connectivity index (χ3v) is 5.38. The van der Waals surface area contributed by atoms with Gasteiger partial charge < -0.3 is 9.84 Å². The van der Waals surface area contributed by atoms with Gasteiger partial charge in [-0.05, 0) is 43.2 Å². The van der Waals surface area contributed by atoms with Crippen molar-refractivity contribution in [1.82, 2.24) is 4.98 Å². The summed E-state index contributed by atoms with van der Waals surface area (Å²) in [6.45, 7) is 3.76. The minimum Gasteiger partial charge on any atom is -0.496 e. The van der Waals surface area contributed by atoms with Crippen LogP contribution in [0, 0.1) is 19.7 Å². The molecule has 4 nitrogen and oxygen atoms in total. The predicted octanol–water partition coefficient (Wildman–Crippen LogP) is 5.18. The van der Waals surface area contributed by atoms with Crippen molar-refractivity contribution in [2.45, 2.75) is 26.2 Å². The molecule has 3 rings (SSSR count). The third-order valence-electron chi connectivity index (χ3n) is 4.36. The molecule has 0 aliphatic carbocycles. The quantitative estimate of drug-likeness (QED) is 0.635. The van der Waals surface area contributed by atoms with Gasteiger partial charge in [0, 0.05) is 22.2 Å². The van der Waals surface area contributed by atoms with Gasteiger partial charge in [0.15, 0.2) is 0 Å². The average Bonchev–Trinajstić information content (AvgIpc) is 3.05. The summed E-state index contributed by atoms with van der Waals surface area (Å²) < 4.78 is 19.9. The van der Waals surface area contributed by atoms with Crippen molar-refractivity contribution in [1.29, 1.82) is 0 Å². The summed E-state index contributed by atoms with van der Waals surface area (Å²) in [5, 5.41) is 10.1. The number of carboxylic acid groups (broad SMARTS) is 1. The van der Waals surface area contributed by atoms with Gasteiger partial charge in [-0.2, -0.15) is 0 Å². The number of ether oxygens (including phenoxy) is 1. The Morgan fingerprint density at radius 1 is 1.26 bits per heavy atom. The van der Waals surface area contributed by atoms with Gasteiger partial charge in [-0.25, -0.2) is 9.37 Å². The Kier molecular flexibility index (Phi) is 5.56. The van der Waals surface area contributed by atoms with E-state index in [9.17, 15) is 14.3 Å². The molecule has 1 aromatic heterocycles. The van der Waals surface area contributed by atoms with E-state index in [1.54, 1.807) is 30.5 Å². The highest BCUT2D eigenvalue weighted by Crippen LogP contribution is 2.39. The van der Waals surface area contributed by atoms with E-state index >= 15 is 0 Å². The maximum absolute atomic E-state index is 14.5. The van der Waals surface area contributed by atoms with Crippen LogP contribution in [0.15, 0.2) is 42.6 Å². The molecule has 2 aromatic carbocycles. The van der Waals surface area contributed by atoms with Crippen molar-refractivity contribution in [2.24, 2.45) is 0 Å². The van der Waals surface area contributed by atoms with Crippen molar-refractivity contribution in [3.05, 3.63) is 69.4 Å². The standard InChI is InChI=1S/C21H20FNO3S/c1-12-4-6-15(18(22)8-12)14-5-7-19(26-3)16(9-14)17(10-20(24)25)21-23-11-13(2)27-21/h4-9,11,17H,10H2,1-3H3,(H,24,25). The van der Waals surface area contributed by atoms with Gasteiger partial charge in [-0.1, -0.05) is 18.2 Å². The minimum absolute atomic E-state index is 0.122. The van der Waals surface area contributed by atoms with E-state index in [1.165, 1.54) is 24.5 Å². The van der Waals surface area contributed by atoms with Crippen molar-refractivity contribution in [2.75, 3.05) is 7.11 Å². The highest BCUT2D eigenvalue weighted by Gasteiger charge is 2.25. The van der Waals surface area contributed by atoms with Crippen LogP contribution in [0.3, 0.4) is 0 Å². The highest BCUT2D eigenvalue weighted by atomic mass is 32.1. The number of halogens is 1. The number of benzene rings is 2. The van der Waals surface area contributed by atoms with E-state index in [0.29, 0.717) is 27.4 Å². The molecule has 0 bridgehead atoms. The fourth-order valence-electron chi connectivity index (χ4n) is 3.07. The van der Waals surface area contributed by atoms with Crippen LogP contribution in [0.1, 0.15) is 33.4 Å². The number of aromatic nitrogens is 1. The lowest BCUT2D eigenvalue weighted by atomic mass is 9.91. The number of aliphatic carboxylic acids is 1. The zero-order valence-electron chi connectivity index (χ0n) is 15.3. The molecule has 0 saturated carbocycles. The molecule has 0 spiro atoms. The number of aryl methyl sites for hydroxylation is 2. The van der Waals surface area contributed by atoms with Gasteiger partial charge in [0.05, 0.1) is 19.4 Å². The van der Waals surface area contributed by atoms with E-state index in [0.717, 1.165) is 10.4 Å². The van der Waals surface area contributed by atoms with Crippen LogP contribution < -0.4 is 4.74 Å². The molecular formula is C21H20FNO3S. The number of carboxylic acids is 1. The smallest absolute Gasteiger partial charge is 0.304 e. The lowest BCUT2D eigenvalue weighted by Gasteiger charge is -2.18. The number of thiazole rings is 1. The van der Waals surface area contributed by atoms with Crippen LogP contribution in [0.5, 0.6) is 5.75 Å². The van der Waals surface area contributed by atoms with Crippen LogP contribution >= 0.6 is 11.3 Å². The summed E-state index contributed by atoms with van der Waals surface area (Å²) in [5.74, 6) is -1.15. The van der Waals surface area contributed by atoms with Crippen LogP contribution in [0.4, 0.5) is 4.39 Å². The van der Waals surface area contributed by atoms with Crippen molar-refractivity contribution < 1.29 is 19.0 Å². The monoisotopic (exact) mass is 385 g/mol. The van der Waals surface area contributed by atoms with E-state index in [-0.39, 0.29) is 12.2 Å². The lowest BCUT2D eigenvalue weighted by molar-refractivity contribution is -0.137. The number of hydrogen-bond donors (Lipinski definition) is 1. The normalized spacial score (nSPS) is 12.0. The van der Waals surface area contributed by atoms with E-state index in [2.05, 4.69) is 4.98 Å². The van der Waals surface area contributed by atoms with Crippen LogP contribution in [-0.2, 0) is 4.79 Å². The SMILES string of the molecule is COc1ccc(-c2ccc(C)cc2F)cc1C(CC(=O)O)c1ncc(C)s1. The van der Waals surface area contributed by atoms with Gasteiger partial charge in [0.25, 0.3) is 0 Å². The maximum atomic E-state index is 14.5. The molecule has 0 aliphatic rings. The predicted molar refractivity (Wildman–Crippen MR) is 104 cm³/mol. The molecule has 140 valence electrons. The summed E-state index contributed by atoms with van der Waals surface area (Å²) in [6, 6.07) is 10.4. The second-order valence-electron chi connectivity index (χ2n) is 6.40. The number of carbonyl (C=O) groups is 1. The van der Waals surface area contributed by atoms with Gasteiger partial charge in [0.1, 0.15) is 16.6 Å². The lowest BCUT2D eigenvalue weighted by Crippen LogP contribution is -2.09. The van der Waals surface area contributed by atoms with Crippen LogP contribution in [0.2, 0.25) is 0 Å². The second-order valence-corrected chi connectivity index (χ2v) is 7.67. The molecule has 1 atom stereocenters. The Morgan fingerprint density at radius 3 is 2.63 bits per heavy atom. The largest absolute Gasteiger partial charge is 0.496 e. The molecule has 3 aromatic rings. The Balaban J connectivity index is 2.14. The molecule has 0 radical (unpaired) electrons. The number of hydrogen-bond acceptors (Lipinski definition) is 4. The first-order valence-electron chi connectivity index (χ1n) is 8.47. The van der Waals surface area contributed by atoms with Gasteiger partial charge in [-0.15, -0.1) is 11.3 Å². The van der Waals surface area contributed by atoms with Crippen molar-refractivity contribution >= 4 is 17.3 Å². The van der Waals surface area contributed by atoms with Crippen molar-refractivity contribution in [3.63, 3.8) is 0 Å². The molecule has 1 heterocycles. The molecule has 0 aliphatic heterocycles. The first-order chi connectivity index (χ1) is 12.9. The molecule has 0 fully saturated rings. The Labute approximate surface area is 161 Å². The molecule has 6 heteroatoms. The summed E-state index contributed by atoms with van der Waals surface area (Å²) in [4.78, 5) is 16.9. The fourth-order valence-corrected chi connectivity index (χ4v) is 3.96. The first-order valence-corrected chi connectivity index (χ1v) is 9.29.